The molecule has 0 aromatic carbocycles. The molecule has 0 bridgehead atoms. The first-order valence-electron chi connectivity index (χ1n) is 5.65. The average Bonchev–Trinajstić information content (AvgIpc) is 2.86. The molecule has 0 atom stereocenters. The third-order valence-corrected chi connectivity index (χ3v) is 3.39. The van der Waals surface area contributed by atoms with Crippen LogP contribution in [-0.4, -0.2) is 36.9 Å². The molecule has 0 saturated heterocycles. The van der Waals surface area contributed by atoms with Gasteiger partial charge in [-0.2, -0.15) is 9.70 Å². The number of anilines is 2. The number of hydrogen-bond acceptors (Lipinski definition) is 7. The van der Waals surface area contributed by atoms with Gasteiger partial charge in [0.2, 0.25) is 5.13 Å². The second-order valence-corrected chi connectivity index (χ2v) is 7.23. The highest BCUT2D eigenvalue weighted by atomic mass is 79.9. The number of tetrazole rings is 1. The first-order valence-corrected chi connectivity index (χ1v) is 7.25. The number of rotatable bonds is 2. The van der Waals surface area contributed by atoms with Crippen LogP contribution >= 0.6 is 27.3 Å². The molecular weight excluding hydrogens is 348 g/mol. The lowest BCUT2D eigenvalue weighted by atomic mass is 10.2. The molecule has 0 aliphatic carbocycles. The number of carbonyl (C=O) groups excluding carboxylic acids is 1. The van der Waals surface area contributed by atoms with Crippen LogP contribution in [0, 0.1) is 0 Å². The predicted molar refractivity (Wildman–Crippen MR) is 77.0 cm³/mol. The highest BCUT2D eigenvalue weighted by Gasteiger charge is 2.30. The maximum atomic E-state index is 12.3. The molecule has 2 heterocycles. The summed E-state index contributed by atoms with van der Waals surface area (Å²) in [6, 6.07) is 0. The van der Waals surface area contributed by atoms with Gasteiger partial charge in [-0.3, -0.25) is 0 Å². The number of ether oxygens (including phenoxy) is 1. The van der Waals surface area contributed by atoms with Crippen LogP contribution in [0.2, 0.25) is 0 Å². The quantitative estimate of drug-likeness (QED) is 0.817. The Kier molecular flexibility index (Phi) is 4.04. The van der Waals surface area contributed by atoms with Gasteiger partial charge < -0.3 is 4.74 Å². The number of nitrogens with zero attached hydrogens (tertiary/aromatic N) is 6. The van der Waals surface area contributed by atoms with E-state index in [1.54, 1.807) is 34.0 Å². The lowest BCUT2D eigenvalue weighted by Gasteiger charge is -2.23. The smallest absolute Gasteiger partial charge is 0.423 e. The Labute approximate surface area is 127 Å². The number of hydrogen-bond donors (Lipinski definition) is 0. The van der Waals surface area contributed by atoms with Gasteiger partial charge in [-0.1, -0.05) is 16.4 Å². The van der Waals surface area contributed by atoms with Crippen molar-refractivity contribution in [3.05, 3.63) is 9.98 Å². The van der Waals surface area contributed by atoms with Crippen molar-refractivity contribution in [3.63, 3.8) is 0 Å². The first kappa shape index (κ1) is 14.9. The Hall–Kier alpha value is -1.55. The highest BCUT2D eigenvalue weighted by Crippen LogP contribution is 2.31. The maximum absolute atomic E-state index is 12.3. The number of thiazole rings is 1. The minimum Gasteiger partial charge on any atom is -0.443 e. The van der Waals surface area contributed by atoms with E-state index in [2.05, 4.69) is 36.3 Å². The number of halogens is 1. The molecule has 1 amide bonds. The molecule has 0 spiro atoms. The van der Waals surface area contributed by atoms with Crippen LogP contribution in [0.3, 0.4) is 0 Å². The van der Waals surface area contributed by atoms with E-state index in [0.717, 1.165) is 3.79 Å². The molecule has 0 aliphatic heterocycles. The fraction of sp³-hybridized carbons (Fsp3) is 0.500. The van der Waals surface area contributed by atoms with Gasteiger partial charge in [0.15, 0.2) is 0 Å². The average molecular weight is 361 g/mol. The molecule has 8 nitrogen and oxygen atoms in total. The molecular formula is C10H13BrN6O2S. The zero-order chi connectivity index (χ0) is 14.9. The largest absolute Gasteiger partial charge is 0.443 e. The standard InChI is InChI=1S/C10H13BrN6O2S/c1-10(2,3)19-9(18)17(7-13-15-16(4)14-7)8-12-5-6(11)20-8/h5H,1-4H3. The van der Waals surface area contributed by atoms with Crippen LogP contribution in [0.5, 0.6) is 0 Å². The van der Waals surface area contributed by atoms with Crippen molar-refractivity contribution < 1.29 is 9.53 Å². The van der Waals surface area contributed by atoms with E-state index in [4.69, 9.17) is 4.74 Å². The van der Waals surface area contributed by atoms with Crippen molar-refractivity contribution >= 4 is 44.4 Å². The number of carbonyl (C=O) groups is 1. The maximum Gasteiger partial charge on any atom is 0.423 e. The van der Waals surface area contributed by atoms with E-state index < -0.39 is 11.7 Å². The molecule has 2 aromatic heterocycles. The molecule has 20 heavy (non-hydrogen) atoms. The third kappa shape index (κ3) is 3.51. The minimum absolute atomic E-state index is 0.114. The Bertz CT molecular complexity index is 579. The van der Waals surface area contributed by atoms with Gasteiger partial charge >= 0.3 is 6.09 Å². The van der Waals surface area contributed by atoms with Crippen LogP contribution in [-0.2, 0) is 11.8 Å². The van der Waals surface area contributed by atoms with Gasteiger partial charge in [0, 0.05) is 0 Å². The molecule has 0 fully saturated rings. The molecule has 2 aromatic rings. The van der Waals surface area contributed by atoms with E-state index in [-0.39, 0.29) is 5.95 Å². The van der Waals surface area contributed by atoms with Gasteiger partial charge in [-0.05, 0) is 41.9 Å². The van der Waals surface area contributed by atoms with Gasteiger partial charge in [-0.25, -0.2) is 9.78 Å². The lowest BCUT2D eigenvalue weighted by Crippen LogP contribution is -2.34. The number of amides is 1. The topological polar surface area (TPSA) is 86.0 Å². The van der Waals surface area contributed by atoms with Crippen LogP contribution < -0.4 is 4.90 Å². The van der Waals surface area contributed by atoms with Crippen molar-refractivity contribution in [1.82, 2.24) is 25.2 Å². The van der Waals surface area contributed by atoms with Crippen LogP contribution in [0.4, 0.5) is 15.9 Å². The SMILES string of the molecule is Cn1nnc(N(C(=O)OC(C)(C)C)c2ncc(Br)s2)n1. The zero-order valence-corrected chi connectivity index (χ0v) is 13.8. The van der Waals surface area contributed by atoms with Crippen molar-refractivity contribution in [2.24, 2.45) is 7.05 Å². The highest BCUT2D eigenvalue weighted by molar-refractivity contribution is 9.11. The Balaban J connectivity index is 2.37. The Morgan fingerprint density at radius 2 is 2.20 bits per heavy atom. The summed E-state index contributed by atoms with van der Waals surface area (Å²) in [5.41, 5.74) is -0.633. The fourth-order valence-corrected chi connectivity index (χ4v) is 2.44. The second kappa shape index (κ2) is 5.44. The summed E-state index contributed by atoms with van der Waals surface area (Å²) < 4.78 is 6.13. The number of aryl methyl sites for hydroxylation is 1. The number of aromatic nitrogens is 5. The monoisotopic (exact) mass is 360 g/mol. The van der Waals surface area contributed by atoms with Crippen molar-refractivity contribution in [2.75, 3.05) is 4.90 Å². The summed E-state index contributed by atoms with van der Waals surface area (Å²) in [4.78, 5) is 18.9. The van der Waals surface area contributed by atoms with E-state index in [0.29, 0.717) is 5.13 Å². The Morgan fingerprint density at radius 3 is 2.65 bits per heavy atom. The minimum atomic E-state index is -0.633. The van der Waals surface area contributed by atoms with Crippen LogP contribution in [0.1, 0.15) is 20.8 Å². The van der Waals surface area contributed by atoms with E-state index in [1.165, 1.54) is 21.0 Å². The summed E-state index contributed by atoms with van der Waals surface area (Å²) in [6.45, 7) is 5.35. The third-order valence-electron chi connectivity index (χ3n) is 1.93. The van der Waals surface area contributed by atoms with E-state index >= 15 is 0 Å². The van der Waals surface area contributed by atoms with E-state index in [9.17, 15) is 4.79 Å². The fourth-order valence-electron chi connectivity index (χ4n) is 1.27. The molecule has 2 rings (SSSR count). The van der Waals surface area contributed by atoms with Gasteiger partial charge in [0.1, 0.15) is 5.60 Å². The zero-order valence-electron chi connectivity index (χ0n) is 11.4. The second-order valence-electron chi connectivity index (χ2n) is 4.84. The molecule has 0 saturated carbocycles. The lowest BCUT2D eigenvalue weighted by molar-refractivity contribution is 0.0597. The Morgan fingerprint density at radius 1 is 1.50 bits per heavy atom. The van der Waals surface area contributed by atoms with Gasteiger partial charge in [0.25, 0.3) is 5.95 Å². The molecule has 0 radical (unpaired) electrons. The summed E-state index contributed by atoms with van der Waals surface area (Å²) in [5, 5.41) is 12.0. The van der Waals surface area contributed by atoms with Crippen molar-refractivity contribution in [2.45, 2.75) is 26.4 Å². The summed E-state index contributed by atoms with van der Waals surface area (Å²) in [6.07, 6.45) is 0.987. The molecule has 108 valence electrons. The molecule has 0 N–H and O–H groups in total. The van der Waals surface area contributed by atoms with E-state index in [1.807, 2.05) is 0 Å². The normalized spacial score (nSPS) is 11.4. The molecule has 0 unspecified atom stereocenters. The van der Waals surface area contributed by atoms with Gasteiger partial charge in [-0.15, -0.1) is 5.10 Å². The van der Waals surface area contributed by atoms with Gasteiger partial charge in [0.05, 0.1) is 17.0 Å². The van der Waals surface area contributed by atoms with Crippen LogP contribution in [0.15, 0.2) is 9.98 Å². The summed E-state index contributed by atoms with van der Waals surface area (Å²) >= 11 is 4.57. The summed E-state index contributed by atoms with van der Waals surface area (Å²) in [7, 11) is 1.61. The molecule has 0 aliphatic rings. The predicted octanol–water partition coefficient (Wildman–Crippen LogP) is 2.50. The van der Waals surface area contributed by atoms with Crippen molar-refractivity contribution in [1.29, 1.82) is 0 Å². The first-order chi connectivity index (χ1) is 9.26. The molecule has 10 heteroatoms. The van der Waals surface area contributed by atoms with Crippen LogP contribution in [0.25, 0.3) is 0 Å². The van der Waals surface area contributed by atoms with Crippen molar-refractivity contribution in [3.8, 4) is 0 Å². The summed E-state index contributed by atoms with van der Waals surface area (Å²) in [5.74, 6) is 0.114.